The first kappa shape index (κ1) is 15.8. The number of hydrogen-bond donors (Lipinski definition) is 2. The second kappa shape index (κ2) is 6.90. The van der Waals surface area contributed by atoms with Gasteiger partial charge < -0.3 is 9.30 Å². The van der Waals surface area contributed by atoms with Crippen LogP contribution in [0, 0.1) is 0 Å². The Kier molecular flexibility index (Phi) is 5.44. The lowest BCUT2D eigenvalue weighted by Gasteiger charge is -2.27. The molecule has 2 heterocycles. The fourth-order valence-corrected chi connectivity index (χ4v) is 2.92. The van der Waals surface area contributed by atoms with Gasteiger partial charge in [0, 0.05) is 32.0 Å². The standard InChI is InChI=1S/C11H20N4O3S2/c1-20(16,17)13-8-10(19)11-12-2-3-15(11)9-14-4-6-18-7-5-14/h2-3,10,13,19H,4-9H2,1H3. The van der Waals surface area contributed by atoms with Crippen molar-refractivity contribution < 1.29 is 13.2 Å². The minimum atomic E-state index is -3.21. The molecule has 0 radical (unpaired) electrons. The fraction of sp³-hybridized carbons (Fsp3) is 0.727. The van der Waals surface area contributed by atoms with Gasteiger partial charge in [-0.15, -0.1) is 0 Å². The molecular formula is C11H20N4O3S2. The smallest absolute Gasteiger partial charge is 0.208 e. The third-order valence-corrected chi connectivity index (χ3v) is 4.15. The highest BCUT2D eigenvalue weighted by Crippen LogP contribution is 2.18. The number of nitrogens with one attached hydrogen (secondary N) is 1. The minimum absolute atomic E-state index is 0.224. The summed E-state index contributed by atoms with van der Waals surface area (Å²) in [6, 6.07) is 0. The summed E-state index contributed by atoms with van der Waals surface area (Å²) in [6.45, 7) is 4.19. The van der Waals surface area contributed by atoms with E-state index in [1.54, 1.807) is 6.20 Å². The van der Waals surface area contributed by atoms with E-state index in [0.29, 0.717) is 6.67 Å². The first-order chi connectivity index (χ1) is 9.46. The van der Waals surface area contributed by atoms with Crippen LogP contribution in [0.2, 0.25) is 0 Å². The van der Waals surface area contributed by atoms with Crippen molar-refractivity contribution in [1.29, 1.82) is 0 Å². The quantitative estimate of drug-likeness (QED) is 0.704. The molecule has 1 saturated heterocycles. The Labute approximate surface area is 124 Å². The van der Waals surface area contributed by atoms with Crippen LogP contribution in [0.1, 0.15) is 11.1 Å². The van der Waals surface area contributed by atoms with Crippen molar-refractivity contribution in [1.82, 2.24) is 19.2 Å². The maximum atomic E-state index is 11.1. The van der Waals surface area contributed by atoms with Crippen molar-refractivity contribution in [2.75, 3.05) is 39.1 Å². The van der Waals surface area contributed by atoms with Gasteiger partial charge in [-0.2, -0.15) is 12.6 Å². The van der Waals surface area contributed by atoms with Crippen LogP contribution in [0.15, 0.2) is 12.4 Å². The number of imidazole rings is 1. The molecular weight excluding hydrogens is 300 g/mol. The number of ether oxygens (including phenoxy) is 1. The Morgan fingerprint density at radius 1 is 1.50 bits per heavy atom. The maximum absolute atomic E-state index is 11.1. The average Bonchev–Trinajstić information content (AvgIpc) is 2.84. The van der Waals surface area contributed by atoms with E-state index >= 15 is 0 Å². The summed E-state index contributed by atoms with van der Waals surface area (Å²) in [5.41, 5.74) is 0. The van der Waals surface area contributed by atoms with Gasteiger partial charge in [0.15, 0.2) is 0 Å². The number of hydrogen-bond acceptors (Lipinski definition) is 6. The van der Waals surface area contributed by atoms with Crippen LogP contribution in [0.25, 0.3) is 0 Å². The van der Waals surface area contributed by atoms with E-state index in [1.807, 2.05) is 10.8 Å². The summed E-state index contributed by atoms with van der Waals surface area (Å²) in [6.07, 6.45) is 4.72. The number of sulfonamides is 1. The lowest BCUT2D eigenvalue weighted by atomic mass is 10.4. The Morgan fingerprint density at radius 2 is 2.20 bits per heavy atom. The molecule has 0 bridgehead atoms. The van der Waals surface area contributed by atoms with Crippen molar-refractivity contribution in [2.24, 2.45) is 0 Å². The van der Waals surface area contributed by atoms with Crippen molar-refractivity contribution in [3.63, 3.8) is 0 Å². The molecule has 1 aromatic rings. The molecule has 1 fully saturated rings. The largest absolute Gasteiger partial charge is 0.379 e. The molecule has 114 valence electrons. The molecule has 1 atom stereocenters. The maximum Gasteiger partial charge on any atom is 0.208 e. The van der Waals surface area contributed by atoms with Crippen LogP contribution in [-0.2, 0) is 21.4 Å². The Bertz CT molecular complexity index is 526. The lowest BCUT2D eigenvalue weighted by Crippen LogP contribution is -2.38. The fourth-order valence-electron chi connectivity index (χ4n) is 2.02. The predicted octanol–water partition coefficient (Wildman–Crippen LogP) is -0.307. The molecule has 20 heavy (non-hydrogen) atoms. The monoisotopic (exact) mass is 320 g/mol. The lowest BCUT2D eigenvalue weighted by molar-refractivity contribution is 0.0229. The van der Waals surface area contributed by atoms with Crippen LogP contribution in [0.4, 0.5) is 0 Å². The summed E-state index contributed by atoms with van der Waals surface area (Å²) in [5, 5.41) is -0.277. The first-order valence-electron chi connectivity index (χ1n) is 6.39. The van der Waals surface area contributed by atoms with E-state index < -0.39 is 10.0 Å². The molecule has 1 aromatic heterocycles. The van der Waals surface area contributed by atoms with E-state index in [2.05, 4.69) is 27.2 Å². The third-order valence-electron chi connectivity index (χ3n) is 3.04. The number of nitrogens with zero attached hydrogens (tertiary/aromatic N) is 3. The molecule has 1 aliphatic rings. The summed E-state index contributed by atoms with van der Waals surface area (Å²) < 4.78 is 32.0. The van der Waals surface area contributed by atoms with Crippen molar-refractivity contribution >= 4 is 22.7 Å². The zero-order chi connectivity index (χ0) is 14.6. The number of aromatic nitrogens is 2. The molecule has 2 rings (SSSR count). The minimum Gasteiger partial charge on any atom is -0.379 e. The van der Waals surface area contributed by atoms with Gasteiger partial charge in [0.2, 0.25) is 10.0 Å². The molecule has 0 saturated carbocycles. The third kappa shape index (κ3) is 4.74. The molecule has 1 aliphatic heterocycles. The first-order valence-corrected chi connectivity index (χ1v) is 8.80. The summed E-state index contributed by atoms with van der Waals surface area (Å²) >= 11 is 4.43. The number of thiol groups is 1. The molecule has 9 heteroatoms. The normalized spacial score (nSPS) is 19.1. The van der Waals surface area contributed by atoms with Gasteiger partial charge in [0.1, 0.15) is 5.82 Å². The molecule has 0 spiro atoms. The second-order valence-electron chi connectivity index (χ2n) is 4.76. The summed E-state index contributed by atoms with van der Waals surface area (Å²) in [5.74, 6) is 0.760. The van der Waals surface area contributed by atoms with Gasteiger partial charge in [0.25, 0.3) is 0 Å². The van der Waals surface area contributed by atoms with Crippen LogP contribution in [-0.4, -0.2) is 62.0 Å². The highest BCUT2D eigenvalue weighted by atomic mass is 32.2. The summed E-state index contributed by atoms with van der Waals surface area (Å²) in [4.78, 5) is 6.54. The number of rotatable bonds is 6. The van der Waals surface area contributed by atoms with Gasteiger partial charge in [-0.3, -0.25) is 4.90 Å². The molecule has 0 amide bonds. The SMILES string of the molecule is CS(=O)(=O)NCC(S)c1nccn1CN1CCOCC1. The van der Waals surface area contributed by atoms with Gasteiger partial charge in [-0.1, -0.05) is 0 Å². The molecule has 0 aromatic carbocycles. The van der Waals surface area contributed by atoms with E-state index in [0.717, 1.165) is 38.4 Å². The Balaban J connectivity index is 1.96. The van der Waals surface area contributed by atoms with Crippen molar-refractivity contribution in [3.8, 4) is 0 Å². The van der Waals surface area contributed by atoms with Gasteiger partial charge in [-0.25, -0.2) is 18.1 Å². The average molecular weight is 320 g/mol. The van der Waals surface area contributed by atoms with E-state index in [9.17, 15) is 8.42 Å². The van der Waals surface area contributed by atoms with Gasteiger partial charge in [-0.05, 0) is 0 Å². The van der Waals surface area contributed by atoms with Crippen LogP contribution < -0.4 is 4.72 Å². The van der Waals surface area contributed by atoms with Crippen LogP contribution >= 0.6 is 12.6 Å². The predicted molar refractivity (Wildman–Crippen MR) is 79.2 cm³/mol. The van der Waals surface area contributed by atoms with E-state index in [1.165, 1.54) is 0 Å². The van der Waals surface area contributed by atoms with Crippen molar-refractivity contribution in [3.05, 3.63) is 18.2 Å². The Hall–Kier alpha value is -0.610. The van der Waals surface area contributed by atoms with Crippen LogP contribution in [0.3, 0.4) is 0 Å². The Morgan fingerprint density at radius 3 is 2.85 bits per heavy atom. The molecule has 1 unspecified atom stereocenters. The molecule has 1 N–H and O–H groups in total. The zero-order valence-corrected chi connectivity index (χ0v) is 13.1. The van der Waals surface area contributed by atoms with Gasteiger partial charge in [0.05, 0.1) is 31.4 Å². The highest BCUT2D eigenvalue weighted by molar-refractivity contribution is 7.88. The molecule has 0 aliphatic carbocycles. The zero-order valence-electron chi connectivity index (χ0n) is 11.4. The summed E-state index contributed by atoms with van der Waals surface area (Å²) in [7, 11) is -3.21. The number of morpholine rings is 1. The van der Waals surface area contributed by atoms with E-state index in [-0.39, 0.29) is 11.8 Å². The van der Waals surface area contributed by atoms with Crippen LogP contribution in [0.5, 0.6) is 0 Å². The van der Waals surface area contributed by atoms with Crippen molar-refractivity contribution in [2.45, 2.75) is 11.9 Å². The van der Waals surface area contributed by atoms with E-state index in [4.69, 9.17) is 4.74 Å². The molecule has 7 nitrogen and oxygen atoms in total. The topological polar surface area (TPSA) is 76.5 Å². The van der Waals surface area contributed by atoms with Gasteiger partial charge >= 0.3 is 0 Å². The second-order valence-corrected chi connectivity index (χ2v) is 7.22. The highest BCUT2D eigenvalue weighted by Gasteiger charge is 2.17.